The number of amides is 2. The molecule has 9 nitrogen and oxygen atoms in total. The van der Waals surface area contributed by atoms with Gasteiger partial charge in [0, 0.05) is 42.7 Å². The molecule has 2 rings (SSSR count). The number of hydrogen-bond donors (Lipinski definition) is 2. The fraction of sp³-hybridized carbons (Fsp3) is 0.545. The van der Waals surface area contributed by atoms with E-state index in [1.165, 1.54) is 33.1 Å². The highest BCUT2D eigenvalue weighted by molar-refractivity contribution is 8.02. The Bertz CT molecular complexity index is 823. The minimum Gasteiger partial charge on any atom is -0.496 e. The summed E-state index contributed by atoms with van der Waals surface area (Å²) in [6, 6.07) is 3.96. The zero-order valence-electron chi connectivity index (χ0n) is 19.8. The molecule has 0 radical (unpaired) electrons. The molecular weight excluding hydrogens is 432 g/mol. The molecule has 1 unspecified atom stereocenters. The molecule has 0 saturated heterocycles. The lowest BCUT2D eigenvalue weighted by Crippen LogP contribution is -2.49. The van der Waals surface area contributed by atoms with Gasteiger partial charge in [-0.2, -0.15) is 0 Å². The summed E-state index contributed by atoms with van der Waals surface area (Å²) in [5.74, 6) is 1.61. The number of thioether (sulfide) groups is 1. The minimum atomic E-state index is -0.385. The van der Waals surface area contributed by atoms with Crippen LogP contribution in [0.15, 0.2) is 23.4 Å². The van der Waals surface area contributed by atoms with Crippen molar-refractivity contribution in [1.29, 1.82) is 0 Å². The number of carbonyl (C=O) groups excluding carboxylic acids is 2. The van der Waals surface area contributed by atoms with Gasteiger partial charge in [-0.25, -0.2) is 0 Å². The number of carbonyl (C=O) groups is 2. The fourth-order valence-electron chi connectivity index (χ4n) is 3.66. The summed E-state index contributed by atoms with van der Waals surface area (Å²) in [7, 11) is 4.53. The lowest BCUT2D eigenvalue weighted by Gasteiger charge is -2.35. The maximum atomic E-state index is 13.2. The summed E-state index contributed by atoms with van der Waals surface area (Å²) >= 11 is 1.42. The van der Waals surface area contributed by atoms with Crippen LogP contribution in [-0.4, -0.2) is 74.1 Å². The number of hydrogen-bond acceptors (Lipinski definition) is 8. The zero-order chi connectivity index (χ0) is 23.8. The predicted molar refractivity (Wildman–Crippen MR) is 126 cm³/mol. The van der Waals surface area contributed by atoms with Gasteiger partial charge in [0.25, 0.3) is 5.91 Å². The second kappa shape index (κ2) is 11.9. The second-order valence-electron chi connectivity index (χ2n) is 7.75. The Labute approximate surface area is 194 Å². The Hall–Kier alpha value is -2.59. The van der Waals surface area contributed by atoms with Gasteiger partial charge in [-0.05, 0) is 27.7 Å². The molecule has 1 aromatic rings. The highest BCUT2D eigenvalue weighted by Crippen LogP contribution is 2.35. The van der Waals surface area contributed by atoms with E-state index < -0.39 is 0 Å². The van der Waals surface area contributed by atoms with Gasteiger partial charge in [0.2, 0.25) is 6.41 Å². The summed E-state index contributed by atoms with van der Waals surface area (Å²) in [6.07, 6.45) is 0.642. The highest BCUT2D eigenvalue weighted by atomic mass is 32.2. The van der Waals surface area contributed by atoms with E-state index in [0.717, 1.165) is 6.54 Å². The van der Waals surface area contributed by atoms with Crippen LogP contribution in [-0.2, 0) is 4.79 Å². The number of benzene rings is 1. The Morgan fingerprint density at radius 1 is 1.09 bits per heavy atom. The molecule has 32 heavy (non-hydrogen) atoms. The first-order valence-electron chi connectivity index (χ1n) is 10.5. The van der Waals surface area contributed by atoms with Crippen molar-refractivity contribution in [3.05, 3.63) is 28.9 Å². The van der Waals surface area contributed by atoms with Gasteiger partial charge in [-0.1, -0.05) is 11.8 Å². The van der Waals surface area contributed by atoms with Crippen LogP contribution in [0.25, 0.3) is 0 Å². The number of nitrogens with zero attached hydrogens (tertiary/aromatic N) is 2. The van der Waals surface area contributed by atoms with Crippen LogP contribution in [0.2, 0.25) is 0 Å². The van der Waals surface area contributed by atoms with Crippen molar-refractivity contribution in [3.63, 3.8) is 0 Å². The molecular formula is C22H34N4O5S. The lowest BCUT2D eigenvalue weighted by molar-refractivity contribution is -0.109. The van der Waals surface area contributed by atoms with Gasteiger partial charge in [-0.15, -0.1) is 0 Å². The number of rotatable bonds is 12. The third kappa shape index (κ3) is 6.01. The standard InChI is InChI=1S/C22H34N4O5S/c1-14(2)25(15(3)4)8-9-26-20(23-13-27)12-32-22(26)24-21(28)16-10-18(30-6)19(31-7)11-17(16)29-5/h10-15,22H,8-9H2,1-7H3,(H,23,27)(H,24,28). The molecule has 0 fully saturated rings. The van der Waals surface area contributed by atoms with E-state index >= 15 is 0 Å². The van der Waals surface area contributed by atoms with E-state index in [1.54, 1.807) is 12.1 Å². The van der Waals surface area contributed by atoms with Crippen molar-refractivity contribution in [1.82, 2.24) is 20.4 Å². The van der Waals surface area contributed by atoms with Crippen molar-refractivity contribution in [2.75, 3.05) is 34.4 Å². The predicted octanol–water partition coefficient (Wildman–Crippen LogP) is 2.44. The molecule has 10 heteroatoms. The van der Waals surface area contributed by atoms with Crippen LogP contribution < -0.4 is 24.8 Å². The molecule has 0 spiro atoms. The van der Waals surface area contributed by atoms with Crippen molar-refractivity contribution < 1.29 is 23.8 Å². The van der Waals surface area contributed by atoms with E-state index in [9.17, 15) is 9.59 Å². The molecule has 178 valence electrons. The summed E-state index contributed by atoms with van der Waals surface area (Å²) in [4.78, 5) is 28.6. The van der Waals surface area contributed by atoms with Gasteiger partial charge < -0.3 is 29.7 Å². The summed E-state index contributed by atoms with van der Waals surface area (Å²) < 4.78 is 16.0. The van der Waals surface area contributed by atoms with Crippen LogP contribution in [0.4, 0.5) is 0 Å². The van der Waals surface area contributed by atoms with Gasteiger partial charge in [-0.3, -0.25) is 14.5 Å². The lowest BCUT2D eigenvalue weighted by atomic mass is 10.1. The second-order valence-corrected chi connectivity index (χ2v) is 8.71. The molecule has 0 aromatic heterocycles. The Kier molecular flexibility index (Phi) is 9.52. The Morgan fingerprint density at radius 2 is 1.69 bits per heavy atom. The van der Waals surface area contributed by atoms with E-state index in [-0.39, 0.29) is 11.4 Å². The number of ether oxygens (including phenoxy) is 3. The molecule has 2 N–H and O–H groups in total. The van der Waals surface area contributed by atoms with Gasteiger partial charge >= 0.3 is 0 Å². The fourth-order valence-corrected chi connectivity index (χ4v) is 4.66. The summed E-state index contributed by atoms with van der Waals surface area (Å²) in [5.41, 5.74) is -0.0580. The molecule has 0 bridgehead atoms. The molecule has 1 aromatic carbocycles. The van der Waals surface area contributed by atoms with E-state index in [4.69, 9.17) is 14.2 Å². The average molecular weight is 467 g/mol. The molecule has 1 heterocycles. The van der Waals surface area contributed by atoms with Crippen LogP contribution in [0.5, 0.6) is 17.2 Å². The highest BCUT2D eigenvalue weighted by Gasteiger charge is 2.30. The third-order valence-corrected chi connectivity index (χ3v) is 6.23. The summed E-state index contributed by atoms with van der Waals surface area (Å²) in [6.45, 7) is 10.0. The van der Waals surface area contributed by atoms with Crippen LogP contribution in [0, 0.1) is 0 Å². The SMILES string of the molecule is COc1cc(OC)c(C(=O)NC2SC=C(NC=O)N2CCN(C(C)C)C(C)C)cc1OC. The van der Waals surface area contributed by atoms with Crippen LogP contribution >= 0.6 is 11.8 Å². The monoisotopic (exact) mass is 466 g/mol. The van der Waals surface area contributed by atoms with Crippen molar-refractivity contribution in [2.45, 2.75) is 45.3 Å². The number of nitrogens with one attached hydrogen (secondary N) is 2. The van der Waals surface area contributed by atoms with E-state index in [0.29, 0.717) is 53.7 Å². The normalized spacial score (nSPS) is 15.8. The molecule has 2 amide bonds. The molecule has 1 atom stereocenters. The summed E-state index contributed by atoms with van der Waals surface area (Å²) in [5, 5.41) is 7.59. The topological polar surface area (TPSA) is 92.4 Å². The molecule has 1 aliphatic rings. The first-order valence-corrected chi connectivity index (χ1v) is 11.4. The van der Waals surface area contributed by atoms with E-state index in [1.807, 2.05) is 10.3 Å². The number of methoxy groups -OCH3 is 3. The third-order valence-electron chi connectivity index (χ3n) is 5.24. The first kappa shape index (κ1) is 25.7. The van der Waals surface area contributed by atoms with Crippen molar-refractivity contribution in [3.8, 4) is 17.2 Å². The molecule has 1 aliphatic heterocycles. The van der Waals surface area contributed by atoms with Gasteiger partial charge in [0.15, 0.2) is 17.0 Å². The Balaban J connectivity index is 2.22. The van der Waals surface area contributed by atoms with Crippen molar-refractivity contribution in [2.24, 2.45) is 0 Å². The quantitative estimate of drug-likeness (QED) is 0.454. The van der Waals surface area contributed by atoms with Crippen LogP contribution in [0.1, 0.15) is 38.1 Å². The van der Waals surface area contributed by atoms with Crippen LogP contribution in [0.3, 0.4) is 0 Å². The molecule has 0 saturated carbocycles. The maximum absolute atomic E-state index is 13.2. The zero-order valence-corrected chi connectivity index (χ0v) is 20.6. The first-order chi connectivity index (χ1) is 15.3. The van der Waals surface area contributed by atoms with Crippen molar-refractivity contribution >= 4 is 24.1 Å². The smallest absolute Gasteiger partial charge is 0.257 e. The minimum absolute atomic E-state index is 0.323. The van der Waals surface area contributed by atoms with Gasteiger partial charge in [0.1, 0.15) is 11.6 Å². The van der Waals surface area contributed by atoms with Gasteiger partial charge in [0.05, 0.1) is 26.9 Å². The van der Waals surface area contributed by atoms with E-state index in [2.05, 4.69) is 43.2 Å². The molecule has 0 aliphatic carbocycles. The largest absolute Gasteiger partial charge is 0.496 e. The Morgan fingerprint density at radius 3 is 2.22 bits per heavy atom. The average Bonchev–Trinajstić information content (AvgIpc) is 3.13. The maximum Gasteiger partial charge on any atom is 0.257 e.